The number of hydrogen-bond donors (Lipinski definition) is 0. The Morgan fingerprint density at radius 2 is 2.06 bits per heavy atom. The van der Waals surface area contributed by atoms with Crippen molar-refractivity contribution >= 4 is 5.97 Å². The van der Waals surface area contributed by atoms with E-state index in [0.717, 1.165) is 6.42 Å². The van der Waals surface area contributed by atoms with Crippen molar-refractivity contribution in [1.29, 1.82) is 0 Å². The molecule has 2 heteroatoms. The zero-order valence-electron chi connectivity index (χ0n) is 10.5. The van der Waals surface area contributed by atoms with E-state index in [-0.39, 0.29) is 5.97 Å². The van der Waals surface area contributed by atoms with Gasteiger partial charge in [-0.3, -0.25) is 4.79 Å². The number of aryl methyl sites for hydroxylation is 1. The summed E-state index contributed by atoms with van der Waals surface area (Å²) in [7, 11) is 0. The van der Waals surface area contributed by atoms with Crippen LogP contribution in [0.5, 0.6) is 0 Å². The molecule has 0 N–H and O–H groups in total. The van der Waals surface area contributed by atoms with E-state index < -0.39 is 0 Å². The Morgan fingerprint density at radius 3 is 2.69 bits per heavy atom. The van der Waals surface area contributed by atoms with Crippen LogP contribution in [0, 0.1) is 13.8 Å². The molecule has 88 valence electrons. The first kappa shape index (κ1) is 12.8. The van der Waals surface area contributed by atoms with Crippen LogP contribution in [0.3, 0.4) is 0 Å². The quantitative estimate of drug-likeness (QED) is 0.727. The molecule has 1 aromatic carbocycles. The average Bonchev–Trinajstić information content (AvgIpc) is 2.21. The Bertz CT molecular complexity index is 369. The molecular weight excluding hydrogens is 200 g/mol. The number of esters is 1. The lowest BCUT2D eigenvalue weighted by Crippen LogP contribution is -2.06. The Morgan fingerprint density at radius 1 is 1.38 bits per heavy atom. The number of carbonyl (C=O) groups is 1. The van der Waals surface area contributed by atoms with Crippen LogP contribution >= 0.6 is 0 Å². The third kappa shape index (κ3) is 3.37. The molecule has 0 fully saturated rings. The van der Waals surface area contributed by atoms with Crippen LogP contribution in [0.2, 0.25) is 0 Å². The summed E-state index contributed by atoms with van der Waals surface area (Å²) in [5.41, 5.74) is 4.02. The lowest BCUT2D eigenvalue weighted by atomic mass is 9.92. The molecule has 1 atom stereocenters. The standard InChI is InChI=1S/C14H20O2/c1-10-6-5-7-14(12(10)3)11(2)8-9-16-13(4)15/h5-7,11H,8-9H2,1-4H3. The van der Waals surface area contributed by atoms with Crippen LogP contribution in [-0.2, 0) is 9.53 Å². The predicted octanol–water partition coefficient (Wildman–Crippen LogP) is 3.36. The topological polar surface area (TPSA) is 26.3 Å². The van der Waals surface area contributed by atoms with Crippen LogP contribution in [0.15, 0.2) is 18.2 Å². The van der Waals surface area contributed by atoms with Gasteiger partial charge in [-0.1, -0.05) is 25.1 Å². The highest BCUT2D eigenvalue weighted by atomic mass is 16.5. The van der Waals surface area contributed by atoms with E-state index >= 15 is 0 Å². The van der Waals surface area contributed by atoms with Crippen molar-refractivity contribution < 1.29 is 9.53 Å². The van der Waals surface area contributed by atoms with Gasteiger partial charge in [0.15, 0.2) is 0 Å². The van der Waals surface area contributed by atoms with E-state index in [1.165, 1.54) is 23.6 Å². The zero-order valence-corrected chi connectivity index (χ0v) is 10.5. The maximum Gasteiger partial charge on any atom is 0.302 e. The summed E-state index contributed by atoms with van der Waals surface area (Å²) in [5, 5.41) is 0. The highest BCUT2D eigenvalue weighted by Crippen LogP contribution is 2.24. The fourth-order valence-electron chi connectivity index (χ4n) is 1.84. The van der Waals surface area contributed by atoms with Gasteiger partial charge in [-0.05, 0) is 42.9 Å². The molecule has 0 aliphatic carbocycles. The first-order chi connectivity index (χ1) is 7.52. The fourth-order valence-corrected chi connectivity index (χ4v) is 1.84. The smallest absolute Gasteiger partial charge is 0.302 e. The molecule has 0 aliphatic heterocycles. The number of benzene rings is 1. The molecule has 1 rings (SSSR count). The molecule has 0 aliphatic rings. The molecule has 2 nitrogen and oxygen atoms in total. The van der Waals surface area contributed by atoms with Crippen molar-refractivity contribution in [2.45, 2.75) is 40.0 Å². The van der Waals surface area contributed by atoms with Crippen molar-refractivity contribution in [3.05, 3.63) is 34.9 Å². The molecule has 0 bridgehead atoms. The molecule has 0 radical (unpaired) electrons. The van der Waals surface area contributed by atoms with Crippen molar-refractivity contribution in [1.82, 2.24) is 0 Å². The number of carbonyl (C=O) groups excluding carboxylic acids is 1. The molecule has 1 aromatic rings. The molecule has 0 heterocycles. The van der Waals surface area contributed by atoms with Crippen molar-refractivity contribution in [2.75, 3.05) is 6.61 Å². The summed E-state index contributed by atoms with van der Waals surface area (Å²) in [4.78, 5) is 10.7. The molecule has 0 aromatic heterocycles. The van der Waals surface area contributed by atoms with Crippen LogP contribution in [0.4, 0.5) is 0 Å². The second-order valence-electron chi connectivity index (χ2n) is 4.32. The summed E-state index contributed by atoms with van der Waals surface area (Å²) in [5.74, 6) is 0.229. The largest absolute Gasteiger partial charge is 0.466 e. The Kier molecular flexibility index (Phi) is 4.53. The fraction of sp³-hybridized carbons (Fsp3) is 0.500. The lowest BCUT2D eigenvalue weighted by molar-refractivity contribution is -0.141. The van der Waals surface area contributed by atoms with Crippen molar-refractivity contribution in [2.24, 2.45) is 0 Å². The molecule has 0 saturated heterocycles. The van der Waals surface area contributed by atoms with E-state index in [2.05, 4.69) is 39.0 Å². The maximum atomic E-state index is 10.7. The highest BCUT2D eigenvalue weighted by molar-refractivity contribution is 5.65. The first-order valence-electron chi connectivity index (χ1n) is 5.72. The molecule has 1 unspecified atom stereocenters. The Hall–Kier alpha value is -1.31. The third-order valence-corrected chi connectivity index (χ3v) is 3.03. The van der Waals surface area contributed by atoms with Crippen LogP contribution in [-0.4, -0.2) is 12.6 Å². The number of ether oxygens (including phenoxy) is 1. The minimum atomic E-state index is -0.201. The first-order valence-corrected chi connectivity index (χ1v) is 5.72. The van der Waals surface area contributed by atoms with Crippen molar-refractivity contribution in [3.63, 3.8) is 0 Å². The van der Waals surface area contributed by atoms with Gasteiger partial charge in [0.2, 0.25) is 0 Å². The molecule has 0 spiro atoms. The van der Waals surface area contributed by atoms with Gasteiger partial charge in [0.1, 0.15) is 0 Å². The average molecular weight is 220 g/mol. The van der Waals surface area contributed by atoms with Gasteiger partial charge in [-0.15, -0.1) is 0 Å². The highest BCUT2D eigenvalue weighted by Gasteiger charge is 2.09. The van der Waals surface area contributed by atoms with Crippen LogP contribution in [0.1, 0.15) is 42.9 Å². The molecule has 16 heavy (non-hydrogen) atoms. The van der Waals surface area contributed by atoms with Gasteiger partial charge in [0.05, 0.1) is 6.61 Å². The molecule has 0 saturated carbocycles. The monoisotopic (exact) mass is 220 g/mol. The second kappa shape index (κ2) is 5.69. The summed E-state index contributed by atoms with van der Waals surface area (Å²) in [6, 6.07) is 6.36. The number of rotatable bonds is 4. The second-order valence-corrected chi connectivity index (χ2v) is 4.32. The van der Waals surface area contributed by atoms with E-state index in [0.29, 0.717) is 12.5 Å². The summed E-state index contributed by atoms with van der Waals surface area (Å²) in [6.45, 7) is 8.39. The zero-order chi connectivity index (χ0) is 12.1. The van der Waals surface area contributed by atoms with E-state index in [1.54, 1.807) is 0 Å². The normalized spacial score (nSPS) is 12.2. The van der Waals surface area contributed by atoms with Crippen molar-refractivity contribution in [3.8, 4) is 0 Å². The van der Waals surface area contributed by atoms with E-state index in [1.807, 2.05) is 0 Å². The minimum absolute atomic E-state index is 0.201. The Labute approximate surface area is 97.6 Å². The SMILES string of the molecule is CC(=O)OCCC(C)c1cccc(C)c1C. The number of hydrogen-bond acceptors (Lipinski definition) is 2. The van der Waals surface area contributed by atoms with Gasteiger partial charge in [0, 0.05) is 6.92 Å². The van der Waals surface area contributed by atoms with Gasteiger partial charge in [-0.25, -0.2) is 0 Å². The minimum Gasteiger partial charge on any atom is -0.466 e. The Balaban J connectivity index is 2.62. The van der Waals surface area contributed by atoms with Gasteiger partial charge in [0.25, 0.3) is 0 Å². The third-order valence-electron chi connectivity index (χ3n) is 3.03. The van der Waals surface area contributed by atoms with Crippen LogP contribution < -0.4 is 0 Å². The molecular formula is C14H20O2. The molecule has 0 amide bonds. The summed E-state index contributed by atoms with van der Waals surface area (Å²) in [6.07, 6.45) is 0.879. The maximum absolute atomic E-state index is 10.7. The lowest BCUT2D eigenvalue weighted by Gasteiger charge is -2.15. The van der Waals surface area contributed by atoms with Gasteiger partial charge < -0.3 is 4.74 Å². The van der Waals surface area contributed by atoms with Gasteiger partial charge in [-0.2, -0.15) is 0 Å². The summed E-state index contributed by atoms with van der Waals surface area (Å²) < 4.78 is 4.97. The van der Waals surface area contributed by atoms with Gasteiger partial charge >= 0.3 is 5.97 Å². The van der Waals surface area contributed by atoms with Crippen LogP contribution in [0.25, 0.3) is 0 Å². The summed E-state index contributed by atoms with van der Waals surface area (Å²) >= 11 is 0. The van der Waals surface area contributed by atoms with E-state index in [4.69, 9.17) is 4.74 Å². The van der Waals surface area contributed by atoms with E-state index in [9.17, 15) is 4.79 Å². The predicted molar refractivity (Wildman–Crippen MR) is 65.6 cm³/mol.